The van der Waals surface area contributed by atoms with Crippen LogP contribution in [0.25, 0.3) is 17.4 Å². The summed E-state index contributed by atoms with van der Waals surface area (Å²) in [5.74, 6) is 0.0251. The van der Waals surface area contributed by atoms with E-state index in [1.165, 1.54) is 13.2 Å². The molecule has 26 heavy (non-hydrogen) atoms. The molecule has 1 aromatic heterocycles. The summed E-state index contributed by atoms with van der Waals surface area (Å²) in [6.07, 6.45) is 1.44. The van der Waals surface area contributed by atoms with E-state index in [0.717, 1.165) is 5.56 Å². The maximum absolute atomic E-state index is 12.3. The molecule has 2 aromatic carbocycles. The molecule has 130 valence electrons. The van der Waals surface area contributed by atoms with Gasteiger partial charge in [-0.25, -0.2) is 4.79 Å². The molecular weight excluding hydrogens is 330 g/mol. The first-order valence-electron chi connectivity index (χ1n) is 7.99. The Hall–Kier alpha value is -3.60. The Kier molecular flexibility index (Phi) is 5.29. The summed E-state index contributed by atoms with van der Waals surface area (Å²) in [6.45, 7) is 0. The van der Waals surface area contributed by atoms with Gasteiger partial charge in [-0.05, 0) is 24.3 Å². The second-order valence-electron chi connectivity index (χ2n) is 5.44. The lowest BCUT2D eigenvalue weighted by Crippen LogP contribution is -2.27. The van der Waals surface area contributed by atoms with Gasteiger partial charge in [0.05, 0.1) is 7.11 Å². The first-order valence-corrected chi connectivity index (χ1v) is 7.99. The number of methoxy groups -OCH3 is 1. The smallest absolute Gasteiger partial charge is 0.354 e. The lowest BCUT2D eigenvalue weighted by Gasteiger charge is -2.07. The minimum atomic E-state index is -0.660. The number of amides is 1. The van der Waals surface area contributed by atoms with Crippen LogP contribution in [0.3, 0.4) is 0 Å². The second kappa shape index (κ2) is 7.98. The Balaban J connectivity index is 1.85. The van der Waals surface area contributed by atoms with Crippen LogP contribution >= 0.6 is 0 Å². The molecule has 0 unspecified atom stereocenters. The van der Waals surface area contributed by atoms with Gasteiger partial charge in [-0.1, -0.05) is 48.5 Å². The molecule has 5 heteroatoms. The van der Waals surface area contributed by atoms with Crippen molar-refractivity contribution in [2.75, 3.05) is 7.11 Å². The highest BCUT2D eigenvalue weighted by Crippen LogP contribution is 2.23. The van der Waals surface area contributed by atoms with Gasteiger partial charge in [0.15, 0.2) is 0 Å². The molecule has 3 rings (SSSR count). The van der Waals surface area contributed by atoms with Crippen molar-refractivity contribution >= 4 is 18.0 Å². The van der Waals surface area contributed by atoms with Crippen LogP contribution in [-0.4, -0.2) is 19.0 Å². The molecule has 0 saturated heterocycles. The van der Waals surface area contributed by atoms with Crippen molar-refractivity contribution in [2.24, 2.45) is 0 Å². The van der Waals surface area contributed by atoms with E-state index >= 15 is 0 Å². The van der Waals surface area contributed by atoms with Gasteiger partial charge in [0.1, 0.15) is 17.2 Å². The van der Waals surface area contributed by atoms with Crippen molar-refractivity contribution in [1.29, 1.82) is 0 Å². The monoisotopic (exact) mass is 347 g/mol. The number of carbonyl (C=O) groups excluding carboxylic acids is 2. The van der Waals surface area contributed by atoms with Crippen molar-refractivity contribution in [3.05, 3.63) is 89.8 Å². The molecule has 0 fully saturated rings. The predicted molar refractivity (Wildman–Crippen MR) is 98.0 cm³/mol. The predicted octanol–water partition coefficient (Wildman–Crippen LogP) is 3.89. The fourth-order valence-electron chi connectivity index (χ4n) is 2.37. The van der Waals surface area contributed by atoms with Crippen LogP contribution in [0.1, 0.15) is 16.1 Å². The van der Waals surface area contributed by atoms with Gasteiger partial charge in [-0.3, -0.25) is 4.79 Å². The van der Waals surface area contributed by atoms with Crippen molar-refractivity contribution in [2.45, 2.75) is 0 Å². The Morgan fingerprint density at radius 2 is 1.58 bits per heavy atom. The third-order valence-electron chi connectivity index (χ3n) is 3.66. The summed E-state index contributed by atoms with van der Waals surface area (Å²) in [4.78, 5) is 24.3. The molecule has 3 aromatic rings. The molecule has 0 aliphatic carbocycles. The van der Waals surface area contributed by atoms with Gasteiger partial charge >= 0.3 is 5.97 Å². The molecule has 0 aliphatic heterocycles. The first kappa shape index (κ1) is 17.2. The van der Waals surface area contributed by atoms with Gasteiger partial charge in [0.25, 0.3) is 5.91 Å². The van der Waals surface area contributed by atoms with Crippen LogP contribution in [0.2, 0.25) is 0 Å². The SMILES string of the molecule is COC(=O)/C(=C\c1ccc(-c2ccccc2)o1)NC(=O)c1ccccc1. The molecule has 0 saturated carbocycles. The van der Waals surface area contributed by atoms with Crippen LogP contribution in [0.15, 0.2) is 82.9 Å². The average Bonchev–Trinajstić information content (AvgIpc) is 3.16. The molecule has 0 atom stereocenters. The van der Waals surface area contributed by atoms with Crippen LogP contribution in [0, 0.1) is 0 Å². The zero-order chi connectivity index (χ0) is 18.4. The standard InChI is InChI=1S/C21H17NO4/c1-25-21(24)18(22-20(23)16-10-6-3-7-11-16)14-17-12-13-19(26-17)15-8-4-2-5-9-15/h2-14H,1H3,(H,22,23)/b18-14+. The molecule has 0 aliphatic rings. The highest BCUT2D eigenvalue weighted by molar-refractivity contribution is 6.03. The maximum atomic E-state index is 12.3. The molecule has 5 nitrogen and oxygen atoms in total. The van der Waals surface area contributed by atoms with Crippen molar-refractivity contribution in [1.82, 2.24) is 5.32 Å². The van der Waals surface area contributed by atoms with Crippen LogP contribution in [-0.2, 0) is 9.53 Å². The summed E-state index contributed by atoms with van der Waals surface area (Å²) >= 11 is 0. The zero-order valence-corrected chi connectivity index (χ0v) is 14.1. The summed E-state index contributed by atoms with van der Waals surface area (Å²) in [6, 6.07) is 21.7. The fourth-order valence-corrected chi connectivity index (χ4v) is 2.37. The lowest BCUT2D eigenvalue weighted by atomic mass is 10.2. The normalized spacial score (nSPS) is 11.0. The largest absolute Gasteiger partial charge is 0.464 e. The number of rotatable bonds is 5. The molecule has 0 spiro atoms. The minimum absolute atomic E-state index is 0.00434. The van der Waals surface area contributed by atoms with Crippen LogP contribution in [0.4, 0.5) is 0 Å². The van der Waals surface area contributed by atoms with E-state index in [9.17, 15) is 9.59 Å². The third kappa shape index (κ3) is 4.08. The van der Waals surface area contributed by atoms with Crippen molar-refractivity contribution < 1.29 is 18.7 Å². The summed E-state index contributed by atoms with van der Waals surface area (Å²) < 4.78 is 10.5. The molecule has 1 N–H and O–H groups in total. The van der Waals surface area contributed by atoms with Gasteiger partial charge in [0, 0.05) is 17.2 Å². The number of hydrogen-bond acceptors (Lipinski definition) is 4. The average molecular weight is 347 g/mol. The number of carbonyl (C=O) groups is 2. The van der Waals surface area contributed by atoms with Crippen molar-refractivity contribution in [3.8, 4) is 11.3 Å². The van der Waals surface area contributed by atoms with E-state index in [2.05, 4.69) is 5.32 Å². The van der Waals surface area contributed by atoms with Gasteiger partial charge in [-0.15, -0.1) is 0 Å². The quantitative estimate of drug-likeness (QED) is 0.561. The highest BCUT2D eigenvalue weighted by atomic mass is 16.5. The minimum Gasteiger partial charge on any atom is -0.464 e. The number of ether oxygens (including phenoxy) is 1. The summed E-state index contributed by atoms with van der Waals surface area (Å²) in [5, 5.41) is 2.57. The Morgan fingerprint density at radius 1 is 0.923 bits per heavy atom. The van der Waals surface area contributed by atoms with E-state index in [1.54, 1.807) is 36.4 Å². The second-order valence-corrected chi connectivity index (χ2v) is 5.44. The first-order chi connectivity index (χ1) is 12.7. The summed E-state index contributed by atoms with van der Waals surface area (Å²) in [5.41, 5.74) is 1.35. The Labute approximate surface area is 150 Å². The number of esters is 1. The molecule has 1 heterocycles. The van der Waals surface area contributed by atoms with E-state index in [0.29, 0.717) is 17.1 Å². The number of benzene rings is 2. The van der Waals surface area contributed by atoms with Crippen LogP contribution < -0.4 is 5.32 Å². The van der Waals surface area contributed by atoms with E-state index < -0.39 is 11.9 Å². The van der Waals surface area contributed by atoms with Gasteiger partial charge in [-0.2, -0.15) is 0 Å². The Morgan fingerprint density at radius 3 is 2.23 bits per heavy atom. The number of nitrogens with one attached hydrogen (secondary N) is 1. The fraction of sp³-hybridized carbons (Fsp3) is 0.0476. The topological polar surface area (TPSA) is 68.5 Å². The zero-order valence-electron chi connectivity index (χ0n) is 14.1. The van der Waals surface area contributed by atoms with Gasteiger partial charge in [0.2, 0.25) is 0 Å². The van der Waals surface area contributed by atoms with E-state index in [4.69, 9.17) is 9.15 Å². The summed E-state index contributed by atoms with van der Waals surface area (Å²) in [7, 11) is 1.25. The number of hydrogen-bond donors (Lipinski definition) is 1. The molecule has 1 amide bonds. The van der Waals surface area contributed by atoms with Crippen LogP contribution in [0.5, 0.6) is 0 Å². The number of furan rings is 1. The highest BCUT2D eigenvalue weighted by Gasteiger charge is 2.16. The Bertz CT molecular complexity index is 927. The van der Waals surface area contributed by atoms with E-state index in [1.807, 2.05) is 36.4 Å². The molecule has 0 bridgehead atoms. The van der Waals surface area contributed by atoms with Gasteiger partial charge < -0.3 is 14.5 Å². The maximum Gasteiger partial charge on any atom is 0.354 e. The third-order valence-corrected chi connectivity index (χ3v) is 3.66. The molecular formula is C21H17NO4. The van der Waals surface area contributed by atoms with E-state index in [-0.39, 0.29) is 5.70 Å². The lowest BCUT2D eigenvalue weighted by molar-refractivity contribution is -0.136. The van der Waals surface area contributed by atoms with Crippen molar-refractivity contribution in [3.63, 3.8) is 0 Å². The molecule has 0 radical (unpaired) electrons.